The van der Waals surface area contributed by atoms with Gasteiger partial charge >= 0.3 is 0 Å². The smallest absolute Gasteiger partial charge is 0.262 e. The third-order valence-electron chi connectivity index (χ3n) is 4.94. The van der Waals surface area contributed by atoms with Crippen molar-refractivity contribution in [3.05, 3.63) is 48.0 Å². The predicted octanol–water partition coefficient (Wildman–Crippen LogP) is 2.16. The fraction of sp³-hybridized carbons (Fsp3) is 0.300. The largest absolute Gasteiger partial charge is 0.482 e. The molecule has 7 nitrogen and oxygen atoms in total. The number of benzene rings is 2. The Morgan fingerprint density at radius 1 is 1.18 bits per heavy atom. The minimum absolute atomic E-state index is 0.0780. The number of hydrogen-bond acceptors (Lipinski definition) is 5. The highest BCUT2D eigenvalue weighted by molar-refractivity contribution is 7.91. The Morgan fingerprint density at radius 2 is 2.00 bits per heavy atom. The third kappa shape index (κ3) is 3.60. The van der Waals surface area contributed by atoms with Crippen LogP contribution in [0.3, 0.4) is 0 Å². The fourth-order valence-corrected chi connectivity index (χ4v) is 4.76. The Bertz CT molecular complexity index is 1050. The van der Waals surface area contributed by atoms with E-state index in [0.29, 0.717) is 18.0 Å². The summed E-state index contributed by atoms with van der Waals surface area (Å²) in [5.41, 5.74) is 2.42. The summed E-state index contributed by atoms with van der Waals surface area (Å²) in [7, 11) is -3.66. The summed E-state index contributed by atoms with van der Waals surface area (Å²) in [6, 6.07) is 12.0. The summed E-state index contributed by atoms with van der Waals surface area (Å²) in [5, 5.41) is 2.62. The molecule has 0 spiro atoms. The molecule has 0 aliphatic carbocycles. The second kappa shape index (κ2) is 7.27. The zero-order valence-corrected chi connectivity index (χ0v) is 16.0. The van der Waals surface area contributed by atoms with Crippen molar-refractivity contribution in [2.45, 2.75) is 24.2 Å². The number of sulfone groups is 1. The van der Waals surface area contributed by atoms with Gasteiger partial charge < -0.3 is 15.0 Å². The first-order valence-electron chi connectivity index (χ1n) is 9.12. The molecule has 0 fully saturated rings. The van der Waals surface area contributed by atoms with Crippen molar-refractivity contribution < 1.29 is 22.7 Å². The molecule has 0 unspecified atom stereocenters. The van der Waals surface area contributed by atoms with Gasteiger partial charge in [0.05, 0.1) is 16.3 Å². The van der Waals surface area contributed by atoms with Crippen LogP contribution in [0.4, 0.5) is 11.4 Å². The average molecular weight is 400 g/mol. The highest BCUT2D eigenvalue weighted by Crippen LogP contribution is 2.31. The van der Waals surface area contributed by atoms with Crippen LogP contribution in [0.15, 0.2) is 47.4 Å². The normalized spacial score (nSPS) is 15.9. The Balaban J connectivity index is 1.47. The van der Waals surface area contributed by atoms with Crippen LogP contribution >= 0.6 is 0 Å². The number of nitrogens with zero attached hydrogens (tertiary/aromatic N) is 1. The molecule has 2 aromatic rings. The minimum Gasteiger partial charge on any atom is -0.482 e. The van der Waals surface area contributed by atoms with E-state index in [0.717, 1.165) is 24.1 Å². The maximum Gasteiger partial charge on any atom is 0.262 e. The van der Waals surface area contributed by atoms with E-state index >= 15 is 0 Å². The van der Waals surface area contributed by atoms with E-state index in [9.17, 15) is 18.0 Å². The Kier molecular flexibility index (Phi) is 4.80. The molecule has 2 amide bonds. The number of fused-ring (bicyclic) bond motifs is 2. The van der Waals surface area contributed by atoms with Gasteiger partial charge in [-0.25, -0.2) is 8.42 Å². The lowest BCUT2D eigenvalue weighted by molar-refractivity contribution is -0.119. The number of para-hydroxylation sites is 1. The van der Waals surface area contributed by atoms with Gasteiger partial charge in [0.15, 0.2) is 16.4 Å². The van der Waals surface area contributed by atoms with Gasteiger partial charge in [0.1, 0.15) is 5.75 Å². The predicted molar refractivity (Wildman–Crippen MR) is 104 cm³/mol. The number of rotatable bonds is 4. The monoisotopic (exact) mass is 400 g/mol. The molecule has 0 saturated carbocycles. The van der Waals surface area contributed by atoms with Crippen LogP contribution in [0, 0.1) is 0 Å². The molecule has 0 saturated heterocycles. The van der Waals surface area contributed by atoms with Gasteiger partial charge in [0.25, 0.3) is 5.91 Å². The molecule has 0 radical (unpaired) electrons. The van der Waals surface area contributed by atoms with E-state index < -0.39 is 9.84 Å². The first-order chi connectivity index (χ1) is 13.4. The van der Waals surface area contributed by atoms with Crippen molar-refractivity contribution >= 4 is 33.0 Å². The summed E-state index contributed by atoms with van der Waals surface area (Å²) in [5.74, 6) is -0.444. The van der Waals surface area contributed by atoms with Crippen LogP contribution in [-0.2, 0) is 25.8 Å². The fourth-order valence-electron chi connectivity index (χ4n) is 3.52. The molecule has 2 aromatic carbocycles. The quantitative estimate of drug-likeness (QED) is 0.849. The van der Waals surface area contributed by atoms with E-state index in [-0.39, 0.29) is 35.5 Å². The van der Waals surface area contributed by atoms with Gasteiger partial charge in [-0.3, -0.25) is 9.59 Å². The minimum atomic E-state index is -3.66. The molecule has 0 bridgehead atoms. The zero-order valence-electron chi connectivity index (χ0n) is 15.2. The molecule has 4 rings (SSSR count). The highest BCUT2D eigenvalue weighted by Gasteiger charge is 2.25. The molecule has 1 N–H and O–H groups in total. The number of carbonyl (C=O) groups is 2. The second-order valence-electron chi connectivity index (χ2n) is 6.84. The number of carbonyl (C=O) groups excluding carboxylic acids is 2. The summed E-state index contributed by atoms with van der Waals surface area (Å²) in [6.45, 7) is 0.450. The van der Waals surface area contributed by atoms with Crippen molar-refractivity contribution in [1.82, 2.24) is 0 Å². The Labute approximate surface area is 163 Å². The highest BCUT2D eigenvalue weighted by atomic mass is 32.2. The summed E-state index contributed by atoms with van der Waals surface area (Å²) >= 11 is 0. The standard InChI is InChI=1S/C20H20N2O5S/c23-19-13-27-18-12-15(7-8-16(18)21-19)28(25,26)11-9-20(24)22-10-3-5-14-4-1-2-6-17(14)22/h1-2,4,6-8,12H,3,5,9-11,13H2,(H,21,23). The molecule has 0 atom stereocenters. The molecular formula is C20H20N2O5S. The molecule has 2 aliphatic rings. The van der Waals surface area contributed by atoms with Gasteiger partial charge in [-0.1, -0.05) is 18.2 Å². The molecule has 2 aliphatic heterocycles. The van der Waals surface area contributed by atoms with E-state index in [4.69, 9.17) is 4.74 Å². The lowest BCUT2D eigenvalue weighted by Crippen LogP contribution is -2.36. The molecule has 0 aromatic heterocycles. The first kappa shape index (κ1) is 18.5. The Morgan fingerprint density at radius 3 is 2.86 bits per heavy atom. The van der Waals surface area contributed by atoms with Gasteiger partial charge in [0, 0.05) is 24.7 Å². The Hall–Kier alpha value is -2.87. The van der Waals surface area contributed by atoms with Crippen molar-refractivity contribution in [3.8, 4) is 5.75 Å². The molecular weight excluding hydrogens is 380 g/mol. The number of anilines is 2. The van der Waals surface area contributed by atoms with Gasteiger partial charge in [0.2, 0.25) is 5.91 Å². The lowest BCUT2D eigenvalue weighted by atomic mass is 10.0. The third-order valence-corrected chi connectivity index (χ3v) is 6.65. The van der Waals surface area contributed by atoms with E-state index in [2.05, 4.69) is 5.32 Å². The van der Waals surface area contributed by atoms with Crippen LogP contribution < -0.4 is 15.0 Å². The lowest BCUT2D eigenvalue weighted by Gasteiger charge is -2.29. The number of nitrogens with one attached hydrogen (secondary N) is 1. The van der Waals surface area contributed by atoms with Gasteiger partial charge in [-0.05, 0) is 36.6 Å². The van der Waals surface area contributed by atoms with Crippen LogP contribution in [0.2, 0.25) is 0 Å². The van der Waals surface area contributed by atoms with Crippen molar-refractivity contribution in [3.63, 3.8) is 0 Å². The summed E-state index contributed by atoms with van der Waals surface area (Å²) < 4.78 is 30.7. The van der Waals surface area contributed by atoms with Crippen molar-refractivity contribution in [2.75, 3.05) is 29.1 Å². The van der Waals surface area contributed by atoms with Crippen molar-refractivity contribution in [2.24, 2.45) is 0 Å². The van der Waals surface area contributed by atoms with Crippen molar-refractivity contribution in [1.29, 1.82) is 0 Å². The first-order valence-corrected chi connectivity index (χ1v) is 10.8. The average Bonchev–Trinajstić information content (AvgIpc) is 2.71. The van der Waals surface area contributed by atoms with Gasteiger partial charge in [-0.2, -0.15) is 0 Å². The number of aryl methyl sites for hydroxylation is 1. The number of amides is 2. The van der Waals surface area contributed by atoms with Crippen LogP contribution in [-0.4, -0.2) is 39.1 Å². The number of ether oxygens (including phenoxy) is 1. The molecule has 28 heavy (non-hydrogen) atoms. The second-order valence-corrected chi connectivity index (χ2v) is 8.95. The van der Waals surface area contributed by atoms with E-state index in [1.165, 1.54) is 18.2 Å². The zero-order chi connectivity index (χ0) is 19.7. The maximum absolute atomic E-state index is 12.7. The van der Waals surface area contributed by atoms with Gasteiger partial charge in [-0.15, -0.1) is 0 Å². The summed E-state index contributed by atoms with van der Waals surface area (Å²) in [6.07, 6.45) is 1.69. The molecule has 8 heteroatoms. The molecule has 2 heterocycles. The van der Waals surface area contributed by atoms with Crippen LogP contribution in [0.1, 0.15) is 18.4 Å². The van der Waals surface area contributed by atoms with Crippen LogP contribution in [0.5, 0.6) is 5.75 Å². The topological polar surface area (TPSA) is 92.8 Å². The maximum atomic E-state index is 12.7. The molecule has 146 valence electrons. The SMILES string of the molecule is O=C1COc2cc(S(=O)(=O)CCC(=O)N3CCCc4ccccc43)ccc2N1. The summed E-state index contributed by atoms with van der Waals surface area (Å²) in [4.78, 5) is 25.8. The van der Waals surface area contributed by atoms with E-state index in [1.807, 2.05) is 24.3 Å². The van der Waals surface area contributed by atoms with Crippen LogP contribution in [0.25, 0.3) is 0 Å². The van der Waals surface area contributed by atoms with E-state index in [1.54, 1.807) is 4.90 Å². The number of hydrogen-bond donors (Lipinski definition) is 1.